The molecule has 0 radical (unpaired) electrons. The molecule has 0 spiro atoms. The molecule has 1 saturated carbocycles. The highest BCUT2D eigenvalue weighted by atomic mass is 32.1. The number of hydrogen-bond acceptors (Lipinski definition) is 12. The molecule has 0 aromatic carbocycles. The predicted molar refractivity (Wildman–Crippen MR) is 109 cm³/mol. The number of carbonyl (C=O) groups excluding carboxylic acids is 4. The molecule has 1 aliphatic carbocycles. The summed E-state index contributed by atoms with van der Waals surface area (Å²) in [5.74, 6) is -2.99. The maximum atomic E-state index is 11.9. The normalized spacial score (nSPS) is 29.8. The SMILES string of the molecule is CC(=O)OCC12OC(Oc3c(C)occc3=S)C(OC(C)=O)C1C(OC(C)=O)C2OC(C)=O. The van der Waals surface area contributed by atoms with Crippen molar-refractivity contribution >= 4 is 36.1 Å². The minimum Gasteiger partial charge on any atom is -0.466 e. The summed E-state index contributed by atoms with van der Waals surface area (Å²) in [6.45, 7) is 5.97. The van der Waals surface area contributed by atoms with Crippen LogP contribution in [0.4, 0.5) is 0 Å². The molecule has 0 amide bonds. The van der Waals surface area contributed by atoms with E-state index >= 15 is 0 Å². The Kier molecular flexibility index (Phi) is 7.08. The van der Waals surface area contributed by atoms with Gasteiger partial charge in [-0.1, -0.05) is 12.2 Å². The van der Waals surface area contributed by atoms with Crippen LogP contribution in [0.15, 0.2) is 16.7 Å². The van der Waals surface area contributed by atoms with Crippen molar-refractivity contribution in [1.29, 1.82) is 0 Å². The summed E-state index contributed by atoms with van der Waals surface area (Å²) in [6.07, 6.45) is -3.21. The molecule has 1 saturated heterocycles. The Morgan fingerprint density at radius 1 is 0.970 bits per heavy atom. The molecule has 2 fully saturated rings. The van der Waals surface area contributed by atoms with Gasteiger partial charge in [-0.3, -0.25) is 19.2 Å². The molecule has 33 heavy (non-hydrogen) atoms. The summed E-state index contributed by atoms with van der Waals surface area (Å²) in [4.78, 5) is 47.1. The first-order valence-electron chi connectivity index (χ1n) is 10.0. The summed E-state index contributed by atoms with van der Waals surface area (Å²) in [5.41, 5.74) is -1.51. The first-order valence-corrected chi connectivity index (χ1v) is 10.4. The first kappa shape index (κ1) is 24.6. The van der Waals surface area contributed by atoms with Gasteiger partial charge in [0.2, 0.25) is 6.29 Å². The Morgan fingerprint density at radius 3 is 2.12 bits per heavy atom. The fourth-order valence-corrected chi connectivity index (χ4v) is 4.39. The second kappa shape index (κ2) is 9.48. The van der Waals surface area contributed by atoms with Gasteiger partial charge in [0.05, 0.1) is 16.7 Å². The fourth-order valence-electron chi connectivity index (χ4n) is 4.15. The van der Waals surface area contributed by atoms with E-state index in [1.807, 2.05) is 0 Å². The van der Waals surface area contributed by atoms with E-state index in [4.69, 9.17) is 45.1 Å². The maximum Gasteiger partial charge on any atom is 0.303 e. The van der Waals surface area contributed by atoms with Gasteiger partial charge >= 0.3 is 23.9 Å². The van der Waals surface area contributed by atoms with E-state index in [1.54, 1.807) is 6.92 Å². The highest BCUT2D eigenvalue weighted by Gasteiger charge is 2.77. The monoisotopic (exact) mass is 484 g/mol. The minimum atomic E-state index is -1.51. The van der Waals surface area contributed by atoms with Crippen molar-refractivity contribution < 1.29 is 52.0 Å². The summed E-state index contributed by atoms with van der Waals surface area (Å²) in [5, 5.41) is 0. The Balaban J connectivity index is 2.06. The minimum absolute atomic E-state index is 0.173. The fraction of sp³-hybridized carbons (Fsp3) is 0.571. The molecule has 11 nitrogen and oxygen atoms in total. The van der Waals surface area contributed by atoms with Gasteiger partial charge < -0.3 is 32.8 Å². The van der Waals surface area contributed by atoms with Gasteiger partial charge in [0, 0.05) is 27.7 Å². The van der Waals surface area contributed by atoms with E-state index in [-0.39, 0.29) is 12.4 Å². The van der Waals surface area contributed by atoms with E-state index < -0.39 is 60.0 Å². The van der Waals surface area contributed by atoms with Crippen molar-refractivity contribution in [3.05, 3.63) is 22.6 Å². The lowest BCUT2D eigenvalue weighted by Crippen LogP contribution is -2.74. The molecule has 1 aromatic heterocycles. The molecular weight excluding hydrogens is 460 g/mol. The van der Waals surface area contributed by atoms with E-state index in [0.717, 1.165) is 0 Å². The number of carbonyl (C=O) groups is 4. The van der Waals surface area contributed by atoms with Crippen LogP contribution in [-0.2, 0) is 42.9 Å². The Bertz CT molecular complexity index is 1020. The van der Waals surface area contributed by atoms with Crippen LogP contribution in [0, 0.1) is 17.4 Å². The topological polar surface area (TPSA) is 137 Å². The van der Waals surface area contributed by atoms with Gasteiger partial charge in [0.25, 0.3) is 0 Å². The van der Waals surface area contributed by atoms with Crippen molar-refractivity contribution in [2.24, 2.45) is 5.92 Å². The Hall–Kier alpha value is -2.99. The number of hydrogen-bond donors (Lipinski definition) is 0. The van der Waals surface area contributed by atoms with Crippen LogP contribution >= 0.6 is 12.2 Å². The molecule has 1 aliphatic heterocycles. The number of ether oxygens (including phenoxy) is 6. The van der Waals surface area contributed by atoms with Crippen LogP contribution in [-0.4, -0.2) is 60.7 Å². The third-order valence-electron chi connectivity index (χ3n) is 5.30. The quantitative estimate of drug-likeness (QED) is 0.317. The van der Waals surface area contributed by atoms with Gasteiger partial charge in [-0.05, 0) is 13.0 Å². The number of fused-ring (bicyclic) bond motifs is 1. The zero-order valence-electron chi connectivity index (χ0n) is 18.6. The number of rotatable bonds is 7. The van der Waals surface area contributed by atoms with Crippen LogP contribution < -0.4 is 4.74 Å². The molecule has 3 rings (SSSR count). The summed E-state index contributed by atoms with van der Waals surface area (Å²) in [6, 6.07) is 1.50. The standard InChI is InChI=1S/C21H24O11S/c1-9-16(14(33)6-7-26-9)31-20-18(29-12(4)24)15-17(28-11(3)23)19(30-13(5)25)21(15,32-20)8-27-10(2)22/h6-7,15,17-20H,8H2,1-5H3. The molecular formula is C21H24O11S. The van der Waals surface area contributed by atoms with Crippen LogP contribution in [0.5, 0.6) is 5.75 Å². The lowest BCUT2D eigenvalue weighted by molar-refractivity contribution is -0.287. The zero-order chi connectivity index (χ0) is 24.5. The van der Waals surface area contributed by atoms with Gasteiger partial charge in [0.15, 0.2) is 29.7 Å². The molecule has 2 heterocycles. The van der Waals surface area contributed by atoms with Gasteiger partial charge in [-0.25, -0.2) is 0 Å². The van der Waals surface area contributed by atoms with Gasteiger partial charge in [-0.15, -0.1) is 0 Å². The van der Waals surface area contributed by atoms with Crippen molar-refractivity contribution in [2.45, 2.75) is 64.8 Å². The van der Waals surface area contributed by atoms with Gasteiger partial charge in [0.1, 0.15) is 12.4 Å². The lowest BCUT2D eigenvalue weighted by atomic mass is 9.63. The number of aryl methyl sites for hydroxylation is 1. The average molecular weight is 484 g/mol. The predicted octanol–water partition coefficient (Wildman–Crippen LogP) is 1.78. The maximum absolute atomic E-state index is 11.9. The first-order chi connectivity index (χ1) is 15.5. The summed E-state index contributed by atoms with van der Waals surface area (Å²) in [7, 11) is 0. The third kappa shape index (κ3) is 4.86. The molecule has 180 valence electrons. The molecule has 0 bridgehead atoms. The molecule has 0 N–H and O–H groups in total. The van der Waals surface area contributed by atoms with Crippen molar-refractivity contribution in [2.75, 3.05) is 6.61 Å². The van der Waals surface area contributed by atoms with E-state index in [9.17, 15) is 19.2 Å². The Morgan fingerprint density at radius 2 is 1.58 bits per heavy atom. The van der Waals surface area contributed by atoms with E-state index in [2.05, 4.69) is 0 Å². The molecule has 1 aromatic rings. The van der Waals surface area contributed by atoms with Crippen LogP contribution in [0.3, 0.4) is 0 Å². The molecule has 12 heteroatoms. The van der Waals surface area contributed by atoms with Crippen LogP contribution in [0.25, 0.3) is 0 Å². The average Bonchev–Trinajstić information content (AvgIpc) is 2.95. The van der Waals surface area contributed by atoms with Crippen molar-refractivity contribution in [3.63, 3.8) is 0 Å². The second-order valence-electron chi connectivity index (χ2n) is 7.71. The van der Waals surface area contributed by atoms with Crippen LogP contribution in [0.2, 0.25) is 0 Å². The molecule has 6 unspecified atom stereocenters. The summed E-state index contributed by atoms with van der Waals surface area (Å²) >= 11 is 5.29. The van der Waals surface area contributed by atoms with Crippen molar-refractivity contribution in [3.8, 4) is 5.75 Å². The zero-order valence-corrected chi connectivity index (χ0v) is 19.5. The second-order valence-corrected chi connectivity index (χ2v) is 8.15. The Labute approximate surface area is 194 Å². The highest BCUT2D eigenvalue weighted by molar-refractivity contribution is 7.71. The number of esters is 4. The van der Waals surface area contributed by atoms with Crippen molar-refractivity contribution in [1.82, 2.24) is 0 Å². The summed E-state index contributed by atoms with van der Waals surface area (Å²) < 4.78 is 39.1. The largest absolute Gasteiger partial charge is 0.466 e. The van der Waals surface area contributed by atoms with E-state index in [0.29, 0.717) is 10.3 Å². The highest BCUT2D eigenvalue weighted by Crippen LogP contribution is 2.55. The molecule has 6 atom stereocenters. The van der Waals surface area contributed by atoms with Crippen LogP contribution in [0.1, 0.15) is 33.5 Å². The smallest absolute Gasteiger partial charge is 0.303 e. The van der Waals surface area contributed by atoms with E-state index in [1.165, 1.54) is 40.0 Å². The lowest BCUT2D eigenvalue weighted by Gasteiger charge is -2.53. The third-order valence-corrected chi connectivity index (χ3v) is 5.62. The van der Waals surface area contributed by atoms with Gasteiger partial charge in [-0.2, -0.15) is 0 Å². The molecule has 2 aliphatic rings.